The molecule has 1 atom stereocenters. The fraction of sp³-hybridized carbons (Fsp3) is 0.333. The van der Waals surface area contributed by atoms with Crippen molar-refractivity contribution >= 4 is 11.9 Å². The van der Waals surface area contributed by atoms with Gasteiger partial charge in [0.05, 0.1) is 6.26 Å². The lowest BCUT2D eigenvalue weighted by atomic mass is 9.78. The normalized spacial score (nSPS) is 13.3. The number of rotatable bonds is 8. The Kier molecular flexibility index (Phi) is 5.57. The van der Waals surface area contributed by atoms with Crippen LogP contribution < -0.4 is 5.32 Å². The van der Waals surface area contributed by atoms with Gasteiger partial charge in [0.2, 0.25) is 5.91 Å². The molecule has 0 spiro atoms. The molecule has 5 nitrogen and oxygen atoms in total. The molecule has 2 N–H and O–H groups in total. The second-order valence-corrected chi connectivity index (χ2v) is 5.46. The Labute approximate surface area is 135 Å². The Morgan fingerprint density at radius 1 is 1.17 bits per heavy atom. The molecule has 0 radical (unpaired) electrons. The van der Waals surface area contributed by atoms with E-state index in [0.717, 1.165) is 5.76 Å². The molecule has 0 fully saturated rings. The molecule has 0 saturated carbocycles. The molecule has 1 aromatic carbocycles. The molecule has 122 valence electrons. The molecular formula is C18H21NO4. The average Bonchev–Trinajstić information content (AvgIpc) is 3.08. The number of amides is 1. The van der Waals surface area contributed by atoms with Crippen molar-refractivity contribution in [3.63, 3.8) is 0 Å². The van der Waals surface area contributed by atoms with Crippen molar-refractivity contribution in [3.05, 3.63) is 60.1 Å². The molecule has 0 aliphatic carbocycles. The van der Waals surface area contributed by atoms with Crippen LogP contribution >= 0.6 is 0 Å². The number of furan rings is 1. The summed E-state index contributed by atoms with van der Waals surface area (Å²) in [7, 11) is 0. The number of hydrogen-bond donors (Lipinski definition) is 2. The maximum Gasteiger partial charge on any atom is 0.315 e. The fourth-order valence-corrected chi connectivity index (χ4v) is 2.57. The van der Waals surface area contributed by atoms with Gasteiger partial charge in [-0.25, -0.2) is 0 Å². The van der Waals surface area contributed by atoms with Crippen LogP contribution in [0.4, 0.5) is 0 Å². The van der Waals surface area contributed by atoms with Crippen molar-refractivity contribution in [1.29, 1.82) is 0 Å². The Morgan fingerprint density at radius 2 is 1.91 bits per heavy atom. The smallest absolute Gasteiger partial charge is 0.315 e. The van der Waals surface area contributed by atoms with Crippen LogP contribution in [-0.4, -0.2) is 23.5 Å². The Hall–Kier alpha value is -2.56. The maximum atomic E-state index is 12.0. The fourth-order valence-electron chi connectivity index (χ4n) is 2.57. The van der Waals surface area contributed by atoms with E-state index >= 15 is 0 Å². The topological polar surface area (TPSA) is 79.5 Å². The van der Waals surface area contributed by atoms with Crippen LogP contribution in [0, 0.1) is 0 Å². The molecule has 2 rings (SSSR count). The number of carbonyl (C=O) groups is 2. The molecule has 5 heteroatoms. The Bertz CT molecular complexity index is 636. The molecule has 0 aliphatic rings. The number of carboxylic acid groups (broad SMARTS) is 1. The molecule has 1 aromatic heterocycles. The molecular weight excluding hydrogens is 294 g/mol. The van der Waals surface area contributed by atoms with Crippen molar-refractivity contribution < 1.29 is 19.1 Å². The highest BCUT2D eigenvalue weighted by molar-refractivity contribution is 5.83. The van der Waals surface area contributed by atoms with Gasteiger partial charge in [-0.3, -0.25) is 9.59 Å². The monoisotopic (exact) mass is 315 g/mol. The molecule has 0 bridgehead atoms. The summed E-state index contributed by atoms with van der Waals surface area (Å²) in [5.41, 5.74) is -0.414. The quantitative estimate of drug-likeness (QED) is 0.785. The summed E-state index contributed by atoms with van der Waals surface area (Å²) < 4.78 is 5.18. The first-order chi connectivity index (χ1) is 11.1. The summed E-state index contributed by atoms with van der Waals surface area (Å²) in [6.07, 6.45) is 2.72. The van der Waals surface area contributed by atoms with E-state index in [2.05, 4.69) is 5.32 Å². The number of carboxylic acids is 1. The third-order valence-electron chi connectivity index (χ3n) is 4.11. The zero-order valence-electron chi connectivity index (χ0n) is 13.1. The summed E-state index contributed by atoms with van der Waals surface area (Å²) in [5, 5.41) is 12.5. The number of carbonyl (C=O) groups excluding carboxylic acids is 1. The van der Waals surface area contributed by atoms with E-state index in [1.165, 1.54) is 0 Å². The van der Waals surface area contributed by atoms with Crippen LogP contribution in [0.3, 0.4) is 0 Å². The van der Waals surface area contributed by atoms with Gasteiger partial charge in [-0.15, -0.1) is 0 Å². The van der Waals surface area contributed by atoms with E-state index in [9.17, 15) is 14.7 Å². The van der Waals surface area contributed by atoms with Gasteiger partial charge in [0.15, 0.2) is 0 Å². The highest BCUT2D eigenvalue weighted by Gasteiger charge is 2.38. The van der Waals surface area contributed by atoms with Gasteiger partial charge < -0.3 is 14.8 Å². The summed E-state index contributed by atoms with van der Waals surface area (Å²) in [6.45, 7) is 1.88. The van der Waals surface area contributed by atoms with Gasteiger partial charge in [-0.1, -0.05) is 37.3 Å². The standard InChI is InChI=1S/C18H21NO4/c1-2-18(17(21)22,14-7-4-3-5-8-14)13-19-16(20)11-10-15-9-6-12-23-15/h3-9,12H,2,10-11,13H2,1H3,(H,19,20)(H,21,22). The van der Waals surface area contributed by atoms with Crippen molar-refractivity contribution in [2.75, 3.05) is 6.54 Å². The number of aryl methyl sites for hydroxylation is 1. The van der Waals surface area contributed by atoms with Gasteiger partial charge in [0.1, 0.15) is 11.2 Å². The minimum absolute atomic E-state index is 0.0693. The minimum atomic E-state index is -1.11. The summed E-state index contributed by atoms with van der Waals surface area (Å²) in [4.78, 5) is 23.9. The predicted octanol–water partition coefficient (Wildman–Crippen LogP) is 2.76. The lowest BCUT2D eigenvalue weighted by Gasteiger charge is -2.29. The Balaban J connectivity index is 2.01. The molecule has 1 unspecified atom stereocenters. The van der Waals surface area contributed by atoms with Crippen LogP contribution in [0.25, 0.3) is 0 Å². The molecule has 0 saturated heterocycles. The first kappa shape index (κ1) is 16.8. The number of hydrogen-bond acceptors (Lipinski definition) is 3. The average molecular weight is 315 g/mol. The van der Waals surface area contributed by atoms with Gasteiger partial charge >= 0.3 is 5.97 Å². The van der Waals surface area contributed by atoms with Crippen LogP contribution in [0.15, 0.2) is 53.1 Å². The van der Waals surface area contributed by atoms with Crippen LogP contribution in [-0.2, 0) is 21.4 Å². The van der Waals surface area contributed by atoms with E-state index in [4.69, 9.17) is 4.42 Å². The highest BCUT2D eigenvalue weighted by Crippen LogP contribution is 2.27. The lowest BCUT2D eigenvalue weighted by molar-refractivity contribution is -0.144. The summed E-state index contributed by atoms with van der Waals surface area (Å²) >= 11 is 0. The van der Waals surface area contributed by atoms with Gasteiger partial charge in [-0.2, -0.15) is 0 Å². The van der Waals surface area contributed by atoms with Crippen LogP contribution in [0.5, 0.6) is 0 Å². The number of nitrogens with one attached hydrogen (secondary N) is 1. The van der Waals surface area contributed by atoms with Crippen molar-refractivity contribution in [3.8, 4) is 0 Å². The first-order valence-corrected chi connectivity index (χ1v) is 7.66. The van der Waals surface area contributed by atoms with E-state index in [-0.39, 0.29) is 18.9 Å². The molecule has 1 heterocycles. The highest BCUT2D eigenvalue weighted by atomic mass is 16.4. The zero-order chi connectivity index (χ0) is 16.7. The van der Waals surface area contributed by atoms with Crippen molar-refractivity contribution in [2.24, 2.45) is 0 Å². The van der Waals surface area contributed by atoms with Crippen LogP contribution in [0.2, 0.25) is 0 Å². The predicted molar refractivity (Wildman–Crippen MR) is 86.1 cm³/mol. The maximum absolute atomic E-state index is 12.0. The van der Waals surface area contributed by atoms with E-state index in [1.807, 2.05) is 19.1 Å². The SMILES string of the molecule is CCC(CNC(=O)CCc1ccco1)(C(=O)O)c1ccccc1. The van der Waals surface area contributed by atoms with Gasteiger partial charge in [0.25, 0.3) is 0 Å². The molecule has 23 heavy (non-hydrogen) atoms. The van der Waals surface area contributed by atoms with Gasteiger partial charge in [-0.05, 0) is 24.1 Å². The van der Waals surface area contributed by atoms with Crippen LogP contribution in [0.1, 0.15) is 31.1 Å². The second-order valence-electron chi connectivity index (χ2n) is 5.46. The second kappa shape index (κ2) is 7.63. The number of aliphatic carboxylic acids is 1. The Morgan fingerprint density at radius 3 is 2.48 bits per heavy atom. The third kappa shape index (κ3) is 4.00. The van der Waals surface area contributed by atoms with E-state index < -0.39 is 11.4 Å². The zero-order valence-corrected chi connectivity index (χ0v) is 13.1. The number of benzene rings is 1. The largest absolute Gasteiger partial charge is 0.481 e. The molecule has 0 aliphatic heterocycles. The van der Waals surface area contributed by atoms with E-state index in [1.54, 1.807) is 36.6 Å². The lowest BCUT2D eigenvalue weighted by Crippen LogP contribution is -2.46. The third-order valence-corrected chi connectivity index (χ3v) is 4.11. The van der Waals surface area contributed by atoms with Crippen molar-refractivity contribution in [2.45, 2.75) is 31.6 Å². The van der Waals surface area contributed by atoms with Crippen molar-refractivity contribution in [1.82, 2.24) is 5.32 Å². The molecule has 1 amide bonds. The summed E-state index contributed by atoms with van der Waals surface area (Å²) in [5.74, 6) is -0.378. The minimum Gasteiger partial charge on any atom is -0.481 e. The summed E-state index contributed by atoms with van der Waals surface area (Å²) in [6, 6.07) is 12.6. The van der Waals surface area contributed by atoms with E-state index in [0.29, 0.717) is 18.4 Å². The molecule has 2 aromatic rings. The first-order valence-electron chi connectivity index (χ1n) is 7.66. The van der Waals surface area contributed by atoms with Gasteiger partial charge in [0, 0.05) is 19.4 Å².